The average Bonchev–Trinajstić information content (AvgIpc) is 2.71. The summed E-state index contributed by atoms with van der Waals surface area (Å²) in [4.78, 5) is 19.6. The zero-order chi connectivity index (χ0) is 15.4. The van der Waals surface area contributed by atoms with Crippen LogP contribution in [0.15, 0.2) is 6.33 Å². The van der Waals surface area contributed by atoms with E-state index in [-0.39, 0.29) is 0 Å². The predicted molar refractivity (Wildman–Crippen MR) is 95.1 cm³/mol. The lowest BCUT2D eigenvalue weighted by molar-refractivity contribution is 0.110. The third-order valence-corrected chi connectivity index (χ3v) is 5.95. The molecule has 0 atom stereocenters. The van der Waals surface area contributed by atoms with Gasteiger partial charge in [0.2, 0.25) is 0 Å². The Labute approximate surface area is 143 Å². The van der Waals surface area contributed by atoms with Crippen LogP contribution >= 0.6 is 34.2 Å². The molecular formula is C13H17ClIN3O2Si. The highest BCUT2D eigenvalue weighted by atomic mass is 127. The first-order valence-corrected chi connectivity index (χ1v) is 11.4. The van der Waals surface area contributed by atoms with Crippen LogP contribution in [-0.2, 0) is 11.3 Å². The molecule has 0 saturated carbocycles. The van der Waals surface area contributed by atoms with Gasteiger partial charge < -0.3 is 9.30 Å². The molecule has 0 aliphatic heterocycles. The van der Waals surface area contributed by atoms with Gasteiger partial charge >= 0.3 is 0 Å². The Kier molecular flexibility index (Phi) is 6.15. The molecule has 0 bridgehead atoms. The third kappa shape index (κ3) is 3.82. The van der Waals surface area contributed by atoms with Crippen LogP contribution < -0.4 is 0 Å². The highest BCUT2D eigenvalue weighted by Crippen LogP contribution is 2.29. The molecule has 2 heterocycles. The van der Waals surface area contributed by atoms with E-state index in [1.807, 2.05) is 4.57 Å². The number of aromatic nitrogens is 3. The molecular weight excluding hydrogens is 421 g/mol. The van der Waals surface area contributed by atoms with Crippen LogP contribution in [0.3, 0.4) is 0 Å². The number of aldehydes is 1. The molecule has 8 heteroatoms. The van der Waals surface area contributed by atoms with Gasteiger partial charge in [0, 0.05) is 21.9 Å². The molecule has 2 aromatic heterocycles. The van der Waals surface area contributed by atoms with Crippen molar-refractivity contribution in [3.8, 4) is 0 Å². The van der Waals surface area contributed by atoms with Crippen molar-refractivity contribution in [1.29, 1.82) is 0 Å². The highest BCUT2D eigenvalue weighted by molar-refractivity contribution is 14.1. The molecule has 0 aliphatic carbocycles. The van der Waals surface area contributed by atoms with E-state index in [4.69, 9.17) is 16.3 Å². The van der Waals surface area contributed by atoms with Gasteiger partial charge in [-0.1, -0.05) is 24.7 Å². The van der Waals surface area contributed by atoms with Crippen LogP contribution in [0.1, 0.15) is 10.5 Å². The predicted octanol–water partition coefficient (Wildman–Crippen LogP) is 3.01. The molecule has 0 aromatic carbocycles. The van der Waals surface area contributed by atoms with Gasteiger partial charge in [0.05, 0.1) is 21.3 Å². The zero-order valence-corrected chi connectivity index (χ0v) is 16.0. The van der Waals surface area contributed by atoms with Crippen LogP contribution in [0.5, 0.6) is 0 Å². The van der Waals surface area contributed by atoms with Crippen LogP contribution in [0.25, 0.3) is 11.0 Å². The maximum absolute atomic E-state index is 11.4. The number of hydrogen-bond acceptors (Lipinski definition) is 4. The fourth-order valence-corrected chi connectivity index (χ4v) is 3.96. The first-order chi connectivity index (χ1) is 10.1. The Hall–Kier alpha value is -0.513. The molecule has 0 radical (unpaired) electrons. The van der Waals surface area contributed by atoms with E-state index in [0.29, 0.717) is 29.6 Å². The standard InChI is InChI=1S/C13H17ClIN3O2Si/c1-21(2)6-5-20-4-3-18-9(7-19)11(15)10-12(14)16-8-17-13(10)18/h7-8,21H,3-6H2,1-2H3. The van der Waals surface area contributed by atoms with Gasteiger partial charge in [-0.3, -0.25) is 4.79 Å². The van der Waals surface area contributed by atoms with E-state index in [1.165, 1.54) is 12.4 Å². The number of halogens is 2. The molecule has 21 heavy (non-hydrogen) atoms. The molecule has 0 amide bonds. The average molecular weight is 438 g/mol. The maximum Gasteiger partial charge on any atom is 0.167 e. The summed E-state index contributed by atoms with van der Waals surface area (Å²) in [6, 6.07) is 1.17. The Morgan fingerprint density at radius 3 is 2.86 bits per heavy atom. The fraction of sp³-hybridized carbons (Fsp3) is 0.462. The SMILES string of the molecule is C[SiH](C)CCOCCn1c(C=O)c(I)c2c(Cl)ncnc21. The van der Waals surface area contributed by atoms with Crippen molar-refractivity contribution < 1.29 is 9.53 Å². The van der Waals surface area contributed by atoms with Crippen molar-refractivity contribution >= 4 is 60.3 Å². The number of ether oxygens (including phenoxy) is 1. The molecule has 0 N–H and O–H groups in total. The Morgan fingerprint density at radius 2 is 2.19 bits per heavy atom. The minimum atomic E-state index is -0.573. The first-order valence-electron chi connectivity index (χ1n) is 6.77. The summed E-state index contributed by atoms with van der Waals surface area (Å²) in [5.74, 6) is 0. The number of hydrogen-bond donors (Lipinski definition) is 0. The molecule has 114 valence electrons. The van der Waals surface area contributed by atoms with E-state index >= 15 is 0 Å². The van der Waals surface area contributed by atoms with Gasteiger partial charge in [-0.05, 0) is 28.6 Å². The Balaban J connectivity index is 2.19. The molecule has 2 rings (SSSR count). The summed E-state index contributed by atoms with van der Waals surface area (Å²) in [6.07, 6.45) is 2.25. The summed E-state index contributed by atoms with van der Waals surface area (Å²) in [6.45, 7) is 6.53. The van der Waals surface area contributed by atoms with Crippen LogP contribution in [0, 0.1) is 3.57 Å². The molecule has 0 fully saturated rings. The summed E-state index contributed by atoms with van der Waals surface area (Å²) < 4.78 is 8.30. The van der Waals surface area contributed by atoms with E-state index in [9.17, 15) is 4.79 Å². The second-order valence-corrected chi connectivity index (χ2v) is 9.93. The quantitative estimate of drug-likeness (QED) is 0.220. The van der Waals surface area contributed by atoms with E-state index in [0.717, 1.165) is 21.8 Å². The van der Waals surface area contributed by atoms with E-state index in [1.54, 1.807) is 0 Å². The number of rotatable bonds is 7. The van der Waals surface area contributed by atoms with Crippen molar-refractivity contribution in [2.75, 3.05) is 13.2 Å². The molecule has 0 spiro atoms. The number of carbonyl (C=O) groups is 1. The van der Waals surface area contributed by atoms with Crippen LogP contribution in [0.4, 0.5) is 0 Å². The molecule has 0 aliphatic rings. The summed E-state index contributed by atoms with van der Waals surface area (Å²) in [7, 11) is -0.573. The minimum absolute atomic E-state index is 0.373. The zero-order valence-electron chi connectivity index (χ0n) is 12.0. The molecule has 5 nitrogen and oxygen atoms in total. The van der Waals surface area contributed by atoms with Gasteiger partial charge in [0.15, 0.2) is 6.29 Å². The lowest BCUT2D eigenvalue weighted by Gasteiger charge is -2.08. The van der Waals surface area contributed by atoms with Crippen molar-refractivity contribution in [2.24, 2.45) is 0 Å². The van der Waals surface area contributed by atoms with Gasteiger partial charge in [-0.25, -0.2) is 9.97 Å². The van der Waals surface area contributed by atoms with E-state index in [2.05, 4.69) is 45.7 Å². The lowest BCUT2D eigenvalue weighted by Crippen LogP contribution is -2.12. The maximum atomic E-state index is 11.4. The third-order valence-electron chi connectivity index (χ3n) is 3.18. The smallest absolute Gasteiger partial charge is 0.167 e. The second kappa shape index (κ2) is 7.66. The Morgan fingerprint density at radius 1 is 1.43 bits per heavy atom. The lowest BCUT2D eigenvalue weighted by atomic mass is 10.4. The molecule has 0 saturated heterocycles. The van der Waals surface area contributed by atoms with Crippen molar-refractivity contribution in [3.05, 3.63) is 20.7 Å². The molecule has 0 unspecified atom stereocenters. The second-order valence-electron chi connectivity index (χ2n) is 5.13. The van der Waals surface area contributed by atoms with Crippen molar-refractivity contribution in [2.45, 2.75) is 25.7 Å². The van der Waals surface area contributed by atoms with Crippen molar-refractivity contribution in [3.63, 3.8) is 0 Å². The van der Waals surface area contributed by atoms with Gasteiger partial charge in [0.25, 0.3) is 0 Å². The van der Waals surface area contributed by atoms with Gasteiger partial charge in [0.1, 0.15) is 17.1 Å². The Bertz CT molecular complexity index is 648. The van der Waals surface area contributed by atoms with Crippen LogP contribution in [0.2, 0.25) is 24.3 Å². The number of carbonyl (C=O) groups excluding carboxylic acids is 1. The monoisotopic (exact) mass is 437 g/mol. The topological polar surface area (TPSA) is 57.0 Å². The summed E-state index contributed by atoms with van der Waals surface area (Å²) in [5.41, 5.74) is 1.26. The number of nitrogens with zero attached hydrogens (tertiary/aromatic N) is 3. The molecule has 2 aromatic rings. The van der Waals surface area contributed by atoms with Gasteiger partial charge in [-0.15, -0.1) is 0 Å². The number of fused-ring (bicyclic) bond motifs is 1. The fourth-order valence-electron chi connectivity index (χ4n) is 2.03. The normalized spacial score (nSPS) is 11.5. The van der Waals surface area contributed by atoms with Crippen LogP contribution in [-0.4, -0.2) is 42.8 Å². The van der Waals surface area contributed by atoms with E-state index < -0.39 is 8.80 Å². The summed E-state index contributed by atoms with van der Waals surface area (Å²) in [5, 5.41) is 1.11. The first kappa shape index (κ1) is 16.9. The van der Waals surface area contributed by atoms with Gasteiger partial charge in [-0.2, -0.15) is 0 Å². The minimum Gasteiger partial charge on any atom is -0.380 e. The van der Waals surface area contributed by atoms with Crippen molar-refractivity contribution in [1.82, 2.24) is 14.5 Å². The largest absolute Gasteiger partial charge is 0.380 e. The highest BCUT2D eigenvalue weighted by Gasteiger charge is 2.18. The summed E-state index contributed by atoms with van der Waals surface area (Å²) >= 11 is 8.22.